The Bertz CT molecular complexity index is 430. The summed E-state index contributed by atoms with van der Waals surface area (Å²) in [6.45, 7) is 0. The van der Waals surface area contributed by atoms with E-state index in [1.165, 1.54) is 13.2 Å². The predicted octanol–water partition coefficient (Wildman–Crippen LogP) is 1.88. The van der Waals surface area contributed by atoms with Gasteiger partial charge in [-0.3, -0.25) is 10.1 Å². The molecule has 5 heteroatoms. The summed E-state index contributed by atoms with van der Waals surface area (Å²) in [7, 11) is 1.49. The second kappa shape index (κ2) is 4.71. The van der Waals surface area contributed by atoms with Gasteiger partial charge in [0.05, 0.1) is 18.1 Å². The number of nitro groups is 1. The Morgan fingerprint density at radius 1 is 1.59 bits per heavy atom. The fourth-order valence-electron chi connectivity index (χ4n) is 1.96. The lowest BCUT2D eigenvalue weighted by Gasteiger charge is -2.11. The van der Waals surface area contributed by atoms with Crippen molar-refractivity contribution in [1.29, 1.82) is 0 Å². The zero-order chi connectivity index (χ0) is 12.4. The van der Waals surface area contributed by atoms with Crippen LogP contribution in [-0.4, -0.2) is 18.1 Å². The highest BCUT2D eigenvalue weighted by atomic mass is 16.6. The molecule has 0 amide bonds. The van der Waals surface area contributed by atoms with Crippen molar-refractivity contribution in [3.8, 4) is 5.75 Å². The largest absolute Gasteiger partial charge is 0.497 e. The first kappa shape index (κ1) is 11.9. The molecule has 1 aromatic rings. The monoisotopic (exact) mass is 236 g/mol. The van der Waals surface area contributed by atoms with Crippen LogP contribution in [0.25, 0.3) is 0 Å². The maximum Gasteiger partial charge on any atom is 0.276 e. The van der Waals surface area contributed by atoms with Crippen molar-refractivity contribution in [2.24, 2.45) is 11.7 Å². The summed E-state index contributed by atoms with van der Waals surface area (Å²) in [5, 5.41) is 11.0. The third kappa shape index (κ3) is 2.74. The van der Waals surface area contributed by atoms with Crippen molar-refractivity contribution >= 4 is 5.69 Å². The Balaban J connectivity index is 2.22. The second-order valence-corrected chi connectivity index (χ2v) is 4.46. The van der Waals surface area contributed by atoms with Crippen LogP contribution in [0.2, 0.25) is 0 Å². The van der Waals surface area contributed by atoms with Crippen LogP contribution >= 0.6 is 0 Å². The summed E-state index contributed by atoms with van der Waals surface area (Å²) >= 11 is 0. The molecule has 0 radical (unpaired) electrons. The zero-order valence-corrected chi connectivity index (χ0v) is 9.76. The van der Waals surface area contributed by atoms with Gasteiger partial charge in [-0.2, -0.15) is 0 Å². The molecule has 1 aliphatic rings. The van der Waals surface area contributed by atoms with Crippen LogP contribution in [0.3, 0.4) is 0 Å². The van der Waals surface area contributed by atoms with Gasteiger partial charge < -0.3 is 10.5 Å². The van der Waals surface area contributed by atoms with Gasteiger partial charge in [-0.05, 0) is 37.3 Å². The molecule has 0 aliphatic heterocycles. The van der Waals surface area contributed by atoms with E-state index in [1.54, 1.807) is 12.1 Å². The molecule has 1 saturated carbocycles. The number of methoxy groups -OCH3 is 1. The summed E-state index contributed by atoms with van der Waals surface area (Å²) in [5.74, 6) is 1.04. The molecular formula is C12H16N2O3. The quantitative estimate of drug-likeness (QED) is 0.625. The number of nitrogens with zero attached hydrogens (tertiary/aromatic N) is 1. The van der Waals surface area contributed by atoms with Gasteiger partial charge in [-0.1, -0.05) is 0 Å². The smallest absolute Gasteiger partial charge is 0.276 e. The van der Waals surface area contributed by atoms with E-state index in [4.69, 9.17) is 10.5 Å². The fourth-order valence-corrected chi connectivity index (χ4v) is 1.96. The van der Waals surface area contributed by atoms with Crippen LogP contribution in [0.15, 0.2) is 18.2 Å². The van der Waals surface area contributed by atoms with Crippen LogP contribution in [0.4, 0.5) is 5.69 Å². The van der Waals surface area contributed by atoms with Crippen molar-refractivity contribution in [3.05, 3.63) is 33.9 Å². The molecule has 1 aromatic carbocycles. The van der Waals surface area contributed by atoms with Crippen LogP contribution < -0.4 is 10.5 Å². The highest BCUT2D eigenvalue weighted by molar-refractivity contribution is 5.46. The Hall–Kier alpha value is -1.62. The molecule has 2 N–H and O–H groups in total. The Kier molecular flexibility index (Phi) is 3.28. The molecule has 0 bridgehead atoms. The first-order chi connectivity index (χ1) is 8.11. The zero-order valence-electron chi connectivity index (χ0n) is 9.76. The molecule has 92 valence electrons. The third-order valence-corrected chi connectivity index (χ3v) is 3.17. The second-order valence-electron chi connectivity index (χ2n) is 4.46. The molecule has 0 spiro atoms. The topological polar surface area (TPSA) is 78.4 Å². The number of hydrogen-bond donors (Lipinski definition) is 1. The van der Waals surface area contributed by atoms with Gasteiger partial charge in [0.2, 0.25) is 0 Å². The highest BCUT2D eigenvalue weighted by Crippen LogP contribution is 2.34. The summed E-state index contributed by atoms with van der Waals surface area (Å²) in [4.78, 5) is 10.6. The van der Waals surface area contributed by atoms with E-state index in [0.717, 1.165) is 12.8 Å². The normalized spacial score (nSPS) is 16.6. The van der Waals surface area contributed by atoms with Crippen molar-refractivity contribution < 1.29 is 9.66 Å². The minimum atomic E-state index is -0.378. The maximum atomic E-state index is 11.0. The van der Waals surface area contributed by atoms with E-state index in [9.17, 15) is 10.1 Å². The molecule has 1 atom stereocenters. The maximum absolute atomic E-state index is 11.0. The Morgan fingerprint density at radius 3 is 2.82 bits per heavy atom. The van der Waals surface area contributed by atoms with E-state index in [0.29, 0.717) is 23.7 Å². The van der Waals surface area contributed by atoms with Gasteiger partial charge >= 0.3 is 0 Å². The van der Waals surface area contributed by atoms with Crippen molar-refractivity contribution in [3.63, 3.8) is 0 Å². The lowest BCUT2D eigenvalue weighted by atomic mass is 10.0. The number of benzene rings is 1. The summed E-state index contributed by atoms with van der Waals surface area (Å²) < 4.78 is 4.99. The number of hydrogen-bond acceptors (Lipinski definition) is 4. The number of nitro benzene ring substituents is 1. The van der Waals surface area contributed by atoms with Crippen molar-refractivity contribution in [2.45, 2.75) is 25.3 Å². The number of nitrogens with two attached hydrogens (primary N) is 1. The van der Waals surface area contributed by atoms with Gasteiger partial charge in [0.15, 0.2) is 0 Å². The molecule has 0 saturated heterocycles. The molecule has 1 fully saturated rings. The Morgan fingerprint density at radius 2 is 2.29 bits per heavy atom. The molecule has 1 unspecified atom stereocenters. The molecule has 5 nitrogen and oxygen atoms in total. The lowest BCUT2D eigenvalue weighted by molar-refractivity contribution is -0.385. The molecule has 0 aromatic heterocycles. The van der Waals surface area contributed by atoms with Gasteiger partial charge in [0.1, 0.15) is 5.75 Å². The van der Waals surface area contributed by atoms with E-state index >= 15 is 0 Å². The average molecular weight is 236 g/mol. The minimum absolute atomic E-state index is 0.0297. The first-order valence-electron chi connectivity index (χ1n) is 5.68. The standard InChI is InChI=1S/C12H16N2O3/c1-17-10-5-4-9(12(7-10)14(15)16)6-11(13)8-2-3-8/h4-5,7-8,11H,2-3,6,13H2,1H3. The summed E-state index contributed by atoms with van der Waals surface area (Å²) in [5.41, 5.74) is 6.78. The number of rotatable bonds is 5. The van der Waals surface area contributed by atoms with Crippen LogP contribution in [0.1, 0.15) is 18.4 Å². The van der Waals surface area contributed by atoms with E-state index in [2.05, 4.69) is 0 Å². The van der Waals surface area contributed by atoms with Crippen molar-refractivity contribution in [2.75, 3.05) is 7.11 Å². The Labute approximate surface area is 99.7 Å². The lowest BCUT2D eigenvalue weighted by Crippen LogP contribution is -2.25. The third-order valence-electron chi connectivity index (χ3n) is 3.17. The molecule has 17 heavy (non-hydrogen) atoms. The van der Waals surface area contributed by atoms with Gasteiger partial charge in [0, 0.05) is 11.6 Å². The van der Waals surface area contributed by atoms with Gasteiger partial charge in [-0.25, -0.2) is 0 Å². The van der Waals surface area contributed by atoms with Crippen LogP contribution in [0.5, 0.6) is 5.75 Å². The molecule has 0 heterocycles. The predicted molar refractivity (Wildman–Crippen MR) is 64.1 cm³/mol. The molecule has 2 rings (SSSR count). The fraction of sp³-hybridized carbons (Fsp3) is 0.500. The minimum Gasteiger partial charge on any atom is -0.497 e. The van der Waals surface area contributed by atoms with E-state index < -0.39 is 0 Å². The van der Waals surface area contributed by atoms with E-state index in [1.807, 2.05) is 0 Å². The SMILES string of the molecule is COc1ccc(CC(N)C2CC2)c([N+](=O)[O-])c1. The average Bonchev–Trinajstić information content (AvgIpc) is 3.13. The van der Waals surface area contributed by atoms with Gasteiger partial charge in [0.25, 0.3) is 5.69 Å². The number of ether oxygens (including phenoxy) is 1. The van der Waals surface area contributed by atoms with Crippen LogP contribution in [-0.2, 0) is 6.42 Å². The van der Waals surface area contributed by atoms with E-state index in [-0.39, 0.29) is 16.7 Å². The summed E-state index contributed by atoms with van der Waals surface area (Å²) in [6.07, 6.45) is 2.85. The summed E-state index contributed by atoms with van der Waals surface area (Å²) in [6, 6.07) is 4.96. The van der Waals surface area contributed by atoms with Crippen LogP contribution in [0, 0.1) is 16.0 Å². The highest BCUT2D eigenvalue weighted by Gasteiger charge is 2.30. The van der Waals surface area contributed by atoms with Crippen molar-refractivity contribution in [1.82, 2.24) is 0 Å². The van der Waals surface area contributed by atoms with Gasteiger partial charge in [-0.15, -0.1) is 0 Å². The molecule has 1 aliphatic carbocycles. The molecular weight excluding hydrogens is 220 g/mol. The first-order valence-corrected chi connectivity index (χ1v) is 5.68.